The fourth-order valence-corrected chi connectivity index (χ4v) is 2.80. The molecule has 6 nitrogen and oxygen atoms in total. The summed E-state index contributed by atoms with van der Waals surface area (Å²) in [6.07, 6.45) is -5.54. The number of alkyl halides is 3. The van der Waals surface area contributed by atoms with Gasteiger partial charge < -0.3 is 0 Å². The fourth-order valence-electron chi connectivity index (χ4n) is 0.559. The Balaban J connectivity index is 5.56. The first-order valence-electron chi connectivity index (χ1n) is 2.47. The summed E-state index contributed by atoms with van der Waals surface area (Å²) in [6, 6.07) is 0. The predicted octanol–water partition coefficient (Wildman–Crippen LogP) is -1.55. The number of hydrogen-bond donors (Lipinski definition) is 2. The van der Waals surface area contributed by atoms with E-state index in [9.17, 15) is 30.0 Å². The molecule has 0 radical (unpaired) electrons. The van der Waals surface area contributed by atoms with E-state index in [2.05, 4.69) is 10.3 Å². The first-order valence-corrected chi connectivity index (χ1v) is 5.68. The molecule has 0 amide bonds. The highest BCUT2D eigenvalue weighted by Crippen LogP contribution is 2.27. The lowest BCUT2D eigenvalue weighted by Crippen LogP contribution is -2.49. The molecule has 4 N–H and O–H groups in total. The van der Waals surface area contributed by atoms with Crippen LogP contribution < -0.4 is 10.3 Å². The molecular weight excluding hydrogens is 237 g/mol. The summed E-state index contributed by atoms with van der Waals surface area (Å²) >= 11 is 0. The van der Waals surface area contributed by atoms with Crippen LogP contribution in [0.25, 0.3) is 0 Å². The highest BCUT2D eigenvalue weighted by Gasteiger charge is 2.55. The third-order valence-electron chi connectivity index (χ3n) is 0.864. The molecular formula is C2H5F3N2O4S2. The Kier molecular flexibility index (Phi) is 2.98. The third-order valence-corrected chi connectivity index (χ3v) is 4.20. The number of halogens is 3. The van der Waals surface area contributed by atoms with E-state index >= 15 is 0 Å². The summed E-state index contributed by atoms with van der Waals surface area (Å²) in [7, 11) is -10.6. The lowest BCUT2D eigenvalue weighted by molar-refractivity contribution is -0.115. The van der Waals surface area contributed by atoms with Gasteiger partial charge in [-0.25, -0.2) is 27.1 Å². The third kappa shape index (κ3) is 3.46. The average Bonchev–Trinajstić information content (AvgIpc) is 1.44. The quantitative estimate of drug-likeness (QED) is 0.609. The first-order chi connectivity index (χ1) is 5.37. The maximum atomic E-state index is 11.8. The number of primary sulfonamides is 2. The van der Waals surface area contributed by atoms with Gasteiger partial charge in [-0.05, 0) is 0 Å². The van der Waals surface area contributed by atoms with E-state index in [-0.39, 0.29) is 0 Å². The smallest absolute Gasteiger partial charge is 0.227 e. The molecule has 13 heavy (non-hydrogen) atoms. The van der Waals surface area contributed by atoms with Crippen molar-refractivity contribution in [1.82, 2.24) is 0 Å². The lowest BCUT2D eigenvalue weighted by Gasteiger charge is -2.15. The molecule has 0 saturated carbocycles. The van der Waals surface area contributed by atoms with Gasteiger partial charge >= 0.3 is 6.18 Å². The molecule has 0 aromatic carbocycles. The number of sulfonamides is 2. The van der Waals surface area contributed by atoms with Crippen LogP contribution in [0.5, 0.6) is 0 Å². The van der Waals surface area contributed by atoms with Crippen LogP contribution in [-0.2, 0) is 20.0 Å². The van der Waals surface area contributed by atoms with Gasteiger partial charge in [0.1, 0.15) is 0 Å². The van der Waals surface area contributed by atoms with Crippen molar-refractivity contribution < 1.29 is 30.0 Å². The van der Waals surface area contributed by atoms with Crippen LogP contribution in [0, 0.1) is 0 Å². The maximum Gasteiger partial charge on any atom is 0.422 e. The summed E-state index contributed by atoms with van der Waals surface area (Å²) in [4.78, 5) is 0. The van der Waals surface area contributed by atoms with Gasteiger partial charge in [-0.1, -0.05) is 0 Å². The Morgan fingerprint density at radius 2 is 1.15 bits per heavy atom. The fraction of sp³-hybridized carbons (Fsp3) is 1.00. The van der Waals surface area contributed by atoms with Gasteiger partial charge in [0.15, 0.2) is 0 Å². The Bertz CT molecular complexity index is 348. The summed E-state index contributed by atoms with van der Waals surface area (Å²) in [5.74, 6) is 0. The van der Waals surface area contributed by atoms with Crippen LogP contribution in [0.2, 0.25) is 0 Å². The van der Waals surface area contributed by atoms with E-state index in [1.807, 2.05) is 0 Å². The normalized spacial score (nSPS) is 14.9. The topological polar surface area (TPSA) is 120 Å². The SMILES string of the molecule is NS(=O)(=O)C(C(F)(F)F)S(N)(=O)=O. The Morgan fingerprint density at radius 1 is 0.923 bits per heavy atom. The molecule has 0 atom stereocenters. The van der Waals surface area contributed by atoms with Crippen LogP contribution in [0.15, 0.2) is 0 Å². The van der Waals surface area contributed by atoms with Gasteiger partial charge in [0.2, 0.25) is 20.0 Å². The van der Waals surface area contributed by atoms with Gasteiger partial charge in [0.05, 0.1) is 0 Å². The summed E-state index contributed by atoms with van der Waals surface area (Å²) in [6.45, 7) is 0. The van der Waals surface area contributed by atoms with Crippen molar-refractivity contribution in [1.29, 1.82) is 0 Å². The molecule has 0 bridgehead atoms. The van der Waals surface area contributed by atoms with Crippen molar-refractivity contribution in [2.45, 2.75) is 10.8 Å². The van der Waals surface area contributed by atoms with E-state index in [0.29, 0.717) is 0 Å². The Hall–Kier alpha value is -0.390. The largest absolute Gasteiger partial charge is 0.422 e. The van der Waals surface area contributed by atoms with E-state index in [4.69, 9.17) is 0 Å². The van der Waals surface area contributed by atoms with E-state index in [0.717, 1.165) is 0 Å². The predicted molar refractivity (Wildman–Crippen MR) is 36.1 cm³/mol. The second-order valence-electron chi connectivity index (χ2n) is 2.05. The zero-order valence-corrected chi connectivity index (χ0v) is 7.45. The minimum Gasteiger partial charge on any atom is -0.227 e. The van der Waals surface area contributed by atoms with Gasteiger partial charge in [-0.15, -0.1) is 0 Å². The molecule has 0 heterocycles. The minimum absolute atomic E-state index is 3.77. The van der Waals surface area contributed by atoms with Gasteiger partial charge in [0.25, 0.3) is 4.58 Å². The molecule has 0 aliphatic carbocycles. The highest BCUT2D eigenvalue weighted by atomic mass is 32.3. The monoisotopic (exact) mass is 242 g/mol. The van der Waals surface area contributed by atoms with Crippen molar-refractivity contribution in [2.75, 3.05) is 0 Å². The van der Waals surface area contributed by atoms with Crippen LogP contribution in [-0.4, -0.2) is 27.6 Å². The van der Waals surface area contributed by atoms with E-state index < -0.39 is 30.8 Å². The van der Waals surface area contributed by atoms with Crippen molar-refractivity contribution >= 4 is 20.0 Å². The van der Waals surface area contributed by atoms with Crippen molar-refractivity contribution in [3.8, 4) is 0 Å². The zero-order chi connectivity index (χ0) is 11.1. The van der Waals surface area contributed by atoms with Crippen LogP contribution in [0.1, 0.15) is 0 Å². The van der Waals surface area contributed by atoms with Gasteiger partial charge in [-0.3, -0.25) is 0 Å². The molecule has 0 fully saturated rings. The maximum absolute atomic E-state index is 11.8. The highest BCUT2D eigenvalue weighted by molar-refractivity contribution is 8.07. The summed E-state index contributed by atoms with van der Waals surface area (Å²) < 4.78 is 72.5. The van der Waals surface area contributed by atoms with Gasteiger partial charge in [-0.2, -0.15) is 13.2 Å². The molecule has 0 spiro atoms. The second kappa shape index (κ2) is 3.08. The molecule has 0 rings (SSSR count). The average molecular weight is 242 g/mol. The summed E-state index contributed by atoms with van der Waals surface area (Å²) in [5, 5.41) is 8.09. The molecule has 0 saturated heterocycles. The van der Waals surface area contributed by atoms with Gasteiger partial charge in [0, 0.05) is 0 Å². The van der Waals surface area contributed by atoms with E-state index in [1.54, 1.807) is 0 Å². The van der Waals surface area contributed by atoms with Crippen LogP contribution >= 0.6 is 0 Å². The molecule has 0 aromatic heterocycles. The van der Waals surface area contributed by atoms with E-state index in [1.165, 1.54) is 0 Å². The van der Waals surface area contributed by atoms with Crippen molar-refractivity contribution in [3.63, 3.8) is 0 Å². The van der Waals surface area contributed by atoms with Crippen molar-refractivity contribution in [2.24, 2.45) is 10.3 Å². The first kappa shape index (κ1) is 12.6. The van der Waals surface area contributed by atoms with Crippen molar-refractivity contribution in [3.05, 3.63) is 0 Å². The molecule has 0 unspecified atom stereocenters. The Labute approximate surface area is 71.8 Å². The second-order valence-corrected chi connectivity index (χ2v) is 5.65. The molecule has 0 aliphatic heterocycles. The molecule has 80 valence electrons. The zero-order valence-electron chi connectivity index (χ0n) is 5.82. The molecule has 11 heteroatoms. The minimum atomic E-state index is -5.54. The molecule has 0 aliphatic rings. The number of hydrogen-bond acceptors (Lipinski definition) is 4. The number of nitrogens with two attached hydrogens (primary N) is 2. The van der Waals surface area contributed by atoms with Crippen LogP contribution in [0.4, 0.5) is 13.2 Å². The summed E-state index contributed by atoms with van der Waals surface area (Å²) in [5.41, 5.74) is 0. The Morgan fingerprint density at radius 3 is 1.15 bits per heavy atom. The number of rotatable bonds is 2. The lowest BCUT2D eigenvalue weighted by atomic mass is 10.8. The molecule has 0 aromatic rings. The standard InChI is InChI=1S/C2H5F3N2O4S2/c3-2(4,5)1(12(6,8)9)13(7,10)11/h1H,(H2,6,8,9)(H2,7,10,11). The van der Waals surface area contributed by atoms with Crippen LogP contribution in [0.3, 0.4) is 0 Å².